The fourth-order valence-electron chi connectivity index (χ4n) is 2.49. The average Bonchev–Trinajstić information content (AvgIpc) is 2.48. The lowest BCUT2D eigenvalue weighted by Gasteiger charge is -2.28. The highest BCUT2D eigenvalue weighted by Gasteiger charge is 2.27. The van der Waals surface area contributed by atoms with Gasteiger partial charge in [-0.25, -0.2) is 9.18 Å². The van der Waals surface area contributed by atoms with E-state index in [-0.39, 0.29) is 23.4 Å². The molecule has 0 aliphatic carbocycles. The minimum atomic E-state index is -0.771. The third kappa shape index (κ3) is 3.58. The molecular weight excluding hydrogens is 275 g/mol. The first-order valence-electron chi connectivity index (χ1n) is 6.95. The van der Waals surface area contributed by atoms with Crippen LogP contribution in [0.25, 0.3) is 0 Å². The van der Waals surface area contributed by atoms with Crippen molar-refractivity contribution >= 4 is 17.6 Å². The van der Waals surface area contributed by atoms with Crippen LogP contribution in [-0.2, 0) is 9.53 Å². The highest BCUT2D eigenvalue weighted by molar-refractivity contribution is 5.97. The Morgan fingerprint density at radius 3 is 2.86 bits per heavy atom. The van der Waals surface area contributed by atoms with Crippen LogP contribution in [0.15, 0.2) is 18.2 Å². The number of benzene rings is 1. The molecule has 1 aromatic carbocycles. The molecule has 21 heavy (non-hydrogen) atoms. The number of nitrogens with one attached hydrogen (secondary N) is 2. The van der Waals surface area contributed by atoms with Crippen molar-refractivity contribution in [3.8, 4) is 0 Å². The molecule has 1 aliphatic heterocycles. The summed E-state index contributed by atoms with van der Waals surface area (Å²) in [6, 6.07) is 3.57. The van der Waals surface area contributed by atoms with Gasteiger partial charge in [-0.15, -0.1) is 0 Å². The molecule has 5 nitrogen and oxygen atoms in total. The van der Waals surface area contributed by atoms with Gasteiger partial charge in [0.05, 0.1) is 18.7 Å². The summed E-state index contributed by atoms with van der Waals surface area (Å²) in [6.45, 7) is 2.82. The molecular formula is C15H19FN2O3. The second kappa shape index (κ2) is 6.67. The molecule has 114 valence electrons. The summed E-state index contributed by atoms with van der Waals surface area (Å²) in [7, 11) is 1.18. The number of carbonyl (C=O) groups is 2. The number of piperidine rings is 1. The summed E-state index contributed by atoms with van der Waals surface area (Å²) in [6.07, 6.45) is 2.04. The summed E-state index contributed by atoms with van der Waals surface area (Å²) in [5, 5.41) is 5.88. The Kier molecular flexibility index (Phi) is 4.90. The zero-order valence-electron chi connectivity index (χ0n) is 12.1. The molecule has 0 bridgehead atoms. The number of esters is 1. The number of halogens is 1. The van der Waals surface area contributed by atoms with Gasteiger partial charge in [-0.1, -0.05) is 6.92 Å². The Morgan fingerprint density at radius 1 is 1.43 bits per heavy atom. The van der Waals surface area contributed by atoms with E-state index in [9.17, 15) is 14.0 Å². The maximum Gasteiger partial charge on any atom is 0.340 e. The monoisotopic (exact) mass is 294 g/mol. The summed E-state index contributed by atoms with van der Waals surface area (Å²) >= 11 is 0. The maximum absolute atomic E-state index is 13.5. The largest absolute Gasteiger partial charge is 0.465 e. The van der Waals surface area contributed by atoms with Crippen LogP contribution in [0.4, 0.5) is 10.1 Å². The van der Waals surface area contributed by atoms with Crippen molar-refractivity contribution in [3.63, 3.8) is 0 Å². The van der Waals surface area contributed by atoms with Crippen molar-refractivity contribution in [1.29, 1.82) is 0 Å². The molecule has 1 amide bonds. The molecule has 2 rings (SSSR count). The summed E-state index contributed by atoms with van der Waals surface area (Å²) < 4.78 is 18.0. The lowest BCUT2D eigenvalue weighted by molar-refractivity contribution is -0.119. The van der Waals surface area contributed by atoms with E-state index in [0.29, 0.717) is 5.69 Å². The second-order valence-electron chi connectivity index (χ2n) is 5.23. The Morgan fingerprint density at radius 2 is 2.19 bits per heavy atom. The van der Waals surface area contributed by atoms with Crippen molar-refractivity contribution in [1.82, 2.24) is 5.32 Å². The number of methoxy groups -OCH3 is 1. The van der Waals surface area contributed by atoms with Gasteiger partial charge in [0.1, 0.15) is 5.82 Å². The third-order valence-corrected chi connectivity index (χ3v) is 3.69. The SMILES string of the molecule is COC(=O)c1cc(NC(=O)C2NCCCC2C)ccc1F. The quantitative estimate of drug-likeness (QED) is 0.836. The molecule has 1 heterocycles. The Balaban J connectivity index is 2.12. The fraction of sp³-hybridized carbons (Fsp3) is 0.467. The predicted octanol–water partition coefficient (Wildman–Crippen LogP) is 1.94. The first kappa shape index (κ1) is 15.4. The first-order chi connectivity index (χ1) is 10.0. The Labute approximate surface area is 122 Å². The van der Waals surface area contributed by atoms with E-state index in [1.165, 1.54) is 19.2 Å². The van der Waals surface area contributed by atoms with Gasteiger partial charge >= 0.3 is 5.97 Å². The topological polar surface area (TPSA) is 67.4 Å². The molecule has 1 saturated heterocycles. The number of amides is 1. The normalized spacial score (nSPS) is 21.7. The smallest absolute Gasteiger partial charge is 0.340 e. The van der Waals surface area contributed by atoms with E-state index in [4.69, 9.17) is 0 Å². The molecule has 0 radical (unpaired) electrons. The van der Waals surface area contributed by atoms with Crippen molar-refractivity contribution in [2.75, 3.05) is 19.0 Å². The minimum absolute atomic E-state index is 0.176. The van der Waals surface area contributed by atoms with E-state index in [0.717, 1.165) is 25.5 Å². The molecule has 0 saturated carbocycles. The molecule has 1 aromatic rings. The van der Waals surface area contributed by atoms with E-state index in [2.05, 4.69) is 15.4 Å². The lowest BCUT2D eigenvalue weighted by Crippen LogP contribution is -2.48. The molecule has 2 unspecified atom stereocenters. The van der Waals surface area contributed by atoms with Crippen LogP contribution in [0.3, 0.4) is 0 Å². The number of anilines is 1. The van der Waals surface area contributed by atoms with Gasteiger partial charge in [-0.3, -0.25) is 4.79 Å². The predicted molar refractivity (Wildman–Crippen MR) is 76.6 cm³/mol. The van der Waals surface area contributed by atoms with Crippen LogP contribution < -0.4 is 10.6 Å². The number of hydrogen-bond acceptors (Lipinski definition) is 4. The van der Waals surface area contributed by atoms with Crippen molar-refractivity contribution < 1.29 is 18.7 Å². The zero-order chi connectivity index (χ0) is 15.4. The standard InChI is InChI=1S/C15H19FN2O3/c1-9-4-3-7-17-13(9)14(19)18-10-5-6-12(16)11(8-10)15(20)21-2/h5-6,8-9,13,17H,3-4,7H2,1-2H3,(H,18,19). The van der Waals surface area contributed by atoms with E-state index < -0.39 is 11.8 Å². The summed E-state index contributed by atoms with van der Waals surface area (Å²) in [5.74, 6) is -1.39. The highest BCUT2D eigenvalue weighted by atomic mass is 19.1. The number of rotatable bonds is 3. The molecule has 1 fully saturated rings. The van der Waals surface area contributed by atoms with Crippen LogP contribution in [-0.4, -0.2) is 31.6 Å². The molecule has 2 N–H and O–H groups in total. The van der Waals surface area contributed by atoms with Gasteiger partial charge in [0, 0.05) is 5.69 Å². The molecule has 0 aromatic heterocycles. The Hall–Kier alpha value is -1.95. The maximum atomic E-state index is 13.5. The summed E-state index contributed by atoms with van der Waals surface area (Å²) in [4.78, 5) is 23.7. The zero-order valence-corrected chi connectivity index (χ0v) is 12.1. The van der Waals surface area contributed by atoms with E-state index in [1.54, 1.807) is 0 Å². The first-order valence-corrected chi connectivity index (χ1v) is 6.95. The second-order valence-corrected chi connectivity index (χ2v) is 5.23. The van der Waals surface area contributed by atoms with Crippen LogP contribution in [0.2, 0.25) is 0 Å². The third-order valence-electron chi connectivity index (χ3n) is 3.69. The number of carbonyl (C=O) groups excluding carboxylic acids is 2. The van der Waals surface area contributed by atoms with E-state index >= 15 is 0 Å². The van der Waals surface area contributed by atoms with Gasteiger partial charge in [0.2, 0.25) is 5.91 Å². The molecule has 1 aliphatic rings. The van der Waals surface area contributed by atoms with Crippen LogP contribution in [0.1, 0.15) is 30.1 Å². The van der Waals surface area contributed by atoms with Gasteiger partial charge in [0.15, 0.2) is 0 Å². The fourth-order valence-corrected chi connectivity index (χ4v) is 2.49. The van der Waals surface area contributed by atoms with Crippen LogP contribution in [0.5, 0.6) is 0 Å². The van der Waals surface area contributed by atoms with Gasteiger partial charge in [0.25, 0.3) is 0 Å². The van der Waals surface area contributed by atoms with Crippen molar-refractivity contribution in [2.24, 2.45) is 5.92 Å². The number of hydrogen-bond donors (Lipinski definition) is 2. The average molecular weight is 294 g/mol. The van der Waals surface area contributed by atoms with Gasteiger partial charge in [-0.2, -0.15) is 0 Å². The van der Waals surface area contributed by atoms with Gasteiger partial charge < -0.3 is 15.4 Å². The van der Waals surface area contributed by atoms with Crippen molar-refractivity contribution in [3.05, 3.63) is 29.6 Å². The van der Waals surface area contributed by atoms with Crippen LogP contribution in [0, 0.1) is 11.7 Å². The minimum Gasteiger partial charge on any atom is -0.465 e. The summed E-state index contributed by atoms with van der Waals surface area (Å²) in [5.41, 5.74) is 0.182. The molecule has 0 spiro atoms. The number of ether oxygens (including phenoxy) is 1. The van der Waals surface area contributed by atoms with Crippen LogP contribution >= 0.6 is 0 Å². The Bertz CT molecular complexity index is 548. The van der Waals surface area contributed by atoms with E-state index in [1.807, 2.05) is 6.92 Å². The van der Waals surface area contributed by atoms with Crippen molar-refractivity contribution in [2.45, 2.75) is 25.8 Å². The van der Waals surface area contributed by atoms with Gasteiger partial charge in [-0.05, 0) is 43.5 Å². The molecule has 6 heteroatoms. The lowest BCUT2D eigenvalue weighted by atomic mass is 9.92. The molecule has 2 atom stereocenters. The highest BCUT2D eigenvalue weighted by Crippen LogP contribution is 2.19.